The number of rotatable bonds is 6. The smallest absolute Gasteiger partial charge is 0.243 e. The van der Waals surface area contributed by atoms with Crippen LogP contribution in [0.2, 0.25) is 0 Å². The maximum Gasteiger partial charge on any atom is 0.243 e. The Bertz CT molecular complexity index is 389. The van der Waals surface area contributed by atoms with Crippen molar-refractivity contribution in [1.82, 2.24) is 9.97 Å². The van der Waals surface area contributed by atoms with Gasteiger partial charge in [0.2, 0.25) is 23.6 Å². The van der Waals surface area contributed by atoms with Crippen LogP contribution >= 0.6 is 0 Å². The van der Waals surface area contributed by atoms with Gasteiger partial charge in [0.05, 0.1) is 26.3 Å². The van der Waals surface area contributed by atoms with Crippen LogP contribution in [-0.4, -0.2) is 36.1 Å². The van der Waals surface area contributed by atoms with Crippen LogP contribution in [0.1, 0.15) is 19.8 Å². The van der Waals surface area contributed by atoms with Crippen molar-refractivity contribution >= 4 is 11.9 Å². The number of carbonyl (C=O) groups excluding carboxylic acids is 1. The lowest BCUT2D eigenvalue weighted by molar-refractivity contribution is -0.117. The van der Waals surface area contributed by atoms with Gasteiger partial charge in [0.1, 0.15) is 0 Å². The van der Waals surface area contributed by atoms with E-state index in [-0.39, 0.29) is 11.9 Å². The molecule has 18 heavy (non-hydrogen) atoms. The highest BCUT2D eigenvalue weighted by atomic mass is 16.5. The van der Waals surface area contributed by atoms with Crippen molar-refractivity contribution in [3.63, 3.8) is 0 Å². The van der Waals surface area contributed by atoms with E-state index in [0.29, 0.717) is 18.2 Å². The van der Waals surface area contributed by atoms with Crippen molar-refractivity contribution < 1.29 is 14.3 Å². The van der Waals surface area contributed by atoms with Crippen LogP contribution in [0.5, 0.6) is 11.8 Å². The monoisotopic (exact) mass is 254 g/mol. The minimum absolute atomic E-state index is 0.114. The molecule has 7 heteroatoms. The van der Waals surface area contributed by atoms with Gasteiger partial charge >= 0.3 is 0 Å². The van der Waals surface area contributed by atoms with Crippen molar-refractivity contribution in [2.24, 2.45) is 5.73 Å². The van der Waals surface area contributed by atoms with Gasteiger partial charge in [-0.15, -0.1) is 0 Å². The molecule has 100 valence electrons. The minimum atomic E-state index is -0.573. The van der Waals surface area contributed by atoms with Crippen LogP contribution in [0.25, 0.3) is 0 Å². The molecule has 0 aliphatic carbocycles. The molecule has 0 aromatic carbocycles. The number of hydrogen-bond donors (Lipinski definition) is 2. The number of nitrogens with two attached hydrogens (primary N) is 1. The Labute approximate surface area is 106 Å². The van der Waals surface area contributed by atoms with E-state index in [1.807, 2.05) is 6.92 Å². The number of amides is 1. The van der Waals surface area contributed by atoms with E-state index in [4.69, 9.17) is 15.2 Å². The van der Waals surface area contributed by atoms with Gasteiger partial charge < -0.3 is 15.2 Å². The molecule has 1 heterocycles. The maximum absolute atomic E-state index is 11.7. The van der Waals surface area contributed by atoms with Gasteiger partial charge in [-0.25, -0.2) is 0 Å². The molecule has 0 fully saturated rings. The maximum atomic E-state index is 11.7. The average Bonchev–Trinajstić information content (AvgIpc) is 2.38. The molecule has 1 atom stereocenters. The molecule has 0 unspecified atom stereocenters. The number of nitrogens with zero attached hydrogens (tertiary/aromatic N) is 2. The minimum Gasteiger partial charge on any atom is -0.481 e. The summed E-state index contributed by atoms with van der Waals surface area (Å²) in [5, 5.41) is 2.53. The Hall–Kier alpha value is -1.89. The zero-order valence-electron chi connectivity index (χ0n) is 10.8. The topological polar surface area (TPSA) is 99.4 Å². The van der Waals surface area contributed by atoms with Crippen LogP contribution in [-0.2, 0) is 4.79 Å². The summed E-state index contributed by atoms with van der Waals surface area (Å²) in [6.45, 7) is 1.96. The second-order valence-corrected chi connectivity index (χ2v) is 3.66. The fourth-order valence-corrected chi connectivity index (χ4v) is 1.31. The van der Waals surface area contributed by atoms with E-state index >= 15 is 0 Å². The zero-order chi connectivity index (χ0) is 13.5. The number of ether oxygens (including phenoxy) is 2. The number of hydrogen-bond acceptors (Lipinski definition) is 6. The Morgan fingerprint density at radius 3 is 2.39 bits per heavy atom. The molecule has 0 bridgehead atoms. The highest BCUT2D eigenvalue weighted by molar-refractivity contribution is 5.93. The molecule has 3 N–H and O–H groups in total. The van der Waals surface area contributed by atoms with Gasteiger partial charge in [-0.1, -0.05) is 13.3 Å². The Kier molecular flexibility index (Phi) is 5.31. The van der Waals surface area contributed by atoms with Crippen molar-refractivity contribution in [3.05, 3.63) is 6.07 Å². The van der Waals surface area contributed by atoms with Crippen molar-refractivity contribution in [1.29, 1.82) is 0 Å². The molecular weight excluding hydrogens is 236 g/mol. The second kappa shape index (κ2) is 6.75. The van der Waals surface area contributed by atoms with Crippen molar-refractivity contribution in [2.75, 3.05) is 19.5 Å². The highest BCUT2D eigenvalue weighted by Crippen LogP contribution is 2.17. The van der Waals surface area contributed by atoms with Gasteiger partial charge in [-0.2, -0.15) is 9.97 Å². The van der Waals surface area contributed by atoms with E-state index in [2.05, 4.69) is 15.3 Å². The predicted molar refractivity (Wildman–Crippen MR) is 66.6 cm³/mol. The Morgan fingerprint density at radius 2 is 1.94 bits per heavy atom. The molecule has 0 radical (unpaired) electrons. The second-order valence-electron chi connectivity index (χ2n) is 3.66. The summed E-state index contributed by atoms with van der Waals surface area (Å²) in [5.41, 5.74) is 5.69. The van der Waals surface area contributed by atoms with Gasteiger partial charge in [-0.3, -0.25) is 10.1 Å². The zero-order valence-corrected chi connectivity index (χ0v) is 10.8. The fourth-order valence-electron chi connectivity index (χ4n) is 1.31. The number of anilines is 1. The molecule has 1 amide bonds. The van der Waals surface area contributed by atoms with Crippen LogP contribution in [0.4, 0.5) is 5.95 Å². The van der Waals surface area contributed by atoms with E-state index < -0.39 is 6.04 Å². The number of nitrogens with one attached hydrogen (secondary N) is 1. The normalized spacial score (nSPS) is 11.8. The standard InChI is InChI=1S/C11H18N4O3/c1-4-5-7(12)10(16)15-11-13-8(17-2)6-9(14-11)18-3/h6-7H,4-5,12H2,1-3H3,(H,13,14,15,16)/t7-/m1/s1. The molecule has 0 aliphatic heterocycles. The number of aromatic nitrogens is 2. The summed E-state index contributed by atoms with van der Waals surface area (Å²) in [4.78, 5) is 19.7. The summed E-state index contributed by atoms with van der Waals surface area (Å²) in [7, 11) is 2.94. The Morgan fingerprint density at radius 1 is 1.39 bits per heavy atom. The quantitative estimate of drug-likeness (QED) is 0.769. The van der Waals surface area contributed by atoms with E-state index in [1.54, 1.807) is 0 Å². The molecule has 0 saturated carbocycles. The summed E-state index contributed by atoms with van der Waals surface area (Å²) in [5.74, 6) is 0.400. The molecule has 0 spiro atoms. The highest BCUT2D eigenvalue weighted by Gasteiger charge is 2.15. The van der Waals surface area contributed by atoms with Gasteiger partial charge in [-0.05, 0) is 6.42 Å². The summed E-state index contributed by atoms with van der Waals surface area (Å²) >= 11 is 0. The van der Waals surface area contributed by atoms with Gasteiger partial charge in [0.15, 0.2) is 0 Å². The van der Waals surface area contributed by atoms with Gasteiger partial charge in [0, 0.05) is 0 Å². The lowest BCUT2D eigenvalue weighted by Crippen LogP contribution is -2.35. The summed E-state index contributed by atoms with van der Waals surface area (Å²) in [6, 6.07) is 0.942. The molecule has 1 aromatic heterocycles. The molecule has 0 aliphatic rings. The molecule has 7 nitrogen and oxygen atoms in total. The molecule has 0 saturated heterocycles. The number of carbonyl (C=O) groups is 1. The first kappa shape index (κ1) is 14.2. The van der Waals surface area contributed by atoms with Crippen LogP contribution in [0, 0.1) is 0 Å². The first-order valence-electron chi connectivity index (χ1n) is 5.64. The van der Waals surface area contributed by atoms with Crippen LogP contribution < -0.4 is 20.5 Å². The largest absolute Gasteiger partial charge is 0.481 e. The molecule has 1 rings (SSSR count). The third-order valence-electron chi connectivity index (χ3n) is 2.27. The van der Waals surface area contributed by atoms with Gasteiger partial charge in [0.25, 0.3) is 0 Å². The first-order chi connectivity index (χ1) is 8.60. The van der Waals surface area contributed by atoms with E-state index in [1.165, 1.54) is 20.3 Å². The third kappa shape index (κ3) is 3.85. The summed E-state index contributed by atoms with van der Waals surface area (Å²) < 4.78 is 9.95. The SMILES string of the molecule is CCC[C@@H](N)C(=O)Nc1nc(OC)cc(OC)n1. The van der Waals surface area contributed by atoms with Crippen LogP contribution in [0.15, 0.2) is 6.07 Å². The van der Waals surface area contributed by atoms with E-state index in [9.17, 15) is 4.79 Å². The van der Waals surface area contributed by atoms with E-state index in [0.717, 1.165) is 6.42 Å². The molecular formula is C11H18N4O3. The lowest BCUT2D eigenvalue weighted by Gasteiger charge is -2.11. The van der Waals surface area contributed by atoms with Crippen molar-refractivity contribution in [2.45, 2.75) is 25.8 Å². The fraction of sp³-hybridized carbons (Fsp3) is 0.545. The van der Waals surface area contributed by atoms with Crippen LogP contribution in [0.3, 0.4) is 0 Å². The Balaban J connectivity index is 2.80. The average molecular weight is 254 g/mol. The predicted octanol–water partition coefficient (Wildman–Crippen LogP) is 0.560. The first-order valence-corrected chi connectivity index (χ1v) is 5.64. The number of methoxy groups -OCH3 is 2. The summed E-state index contributed by atoms with van der Waals surface area (Å²) in [6.07, 6.45) is 1.43. The molecule has 1 aromatic rings. The third-order valence-corrected chi connectivity index (χ3v) is 2.27. The lowest BCUT2D eigenvalue weighted by atomic mass is 10.2. The van der Waals surface area contributed by atoms with Crippen molar-refractivity contribution in [3.8, 4) is 11.8 Å².